The number of aryl methyl sites for hydroxylation is 1. The van der Waals surface area contributed by atoms with Gasteiger partial charge in [-0.2, -0.15) is 0 Å². The molecule has 0 spiro atoms. The van der Waals surface area contributed by atoms with Gasteiger partial charge in [-0.3, -0.25) is 9.52 Å². The second kappa shape index (κ2) is 9.05. The van der Waals surface area contributed by atoms with Crippen LogP contribution in [0.25, 0.3) is 0 Å². The summed E-state index contributed by atoms with van der Waals surface area (Å²) in [6.07, 6.45) is 3.11. The fourth-order valence-corrected chi connectivity index (χ4v) is 3.67. The lowest BCUT2D eigenvalue weighted by Gasteiger charge is -2.12. The number of amides is 1. The van der Waals surface area contributed by atoms with E-state index in [0.29, 0.717) is 28.4 Å². The zero-order chi connectivity index (χ0) is 19.2. The van der Waals surface area contributed by atoms with Crippen molar-refractivity contribution >= 4 is 33.2 Å². The summed E-state index contributed by atoms with van der Waals surface area (Å²) in [6.45, 7) is 4.50. The topological polar surface area (TPSA) is 75.3 Å². The molecule has 140 valence electrons. The van der Waals surface area contributed by atoms with Crippen LogP contribution in [0, 0.1) is 6.92 Å². The van der Waals surface area contributed by atoms with Crippen molar-refractivity contribution in [1.29, 1.82) is 0 Å². The van der Waals surface area contributed by atoms with Crippen molar-refractivity contribution < 1.29 is 13.2 Å². The number of unbranched alkanes of at least 4 members (excludes halogenated alkanes) is 2. The van der Waals surface area contributed by atoms with Crippen molar-refractivity contribution in [3.8, 4) is 0 Å². The summed E-state index contributed by atoms with van der Waals surface area (Å²) in [5, 5.41) is 3.34. The van der Waals surface area contributed by atoms with Crippen LogP contribution >= 0.6 is 11.6 Å². The van der Waals surface area contributed by atoms with E-state index in [2.05, 4.69) is 17.0 Å². The van der Waals surface area contributed by atoms with Crippen LogP contribution in [0.5, 0.6) is 0 Å². The van der Waals surface area contributed by atoms with Crippen LogP contribution in [0.2, 0.25) is 5.02 Å². The summed E-state index contributed by atoms with van der Waals surface area (Å²) >= 11 is 5.79. The average Bonchev–Trinajstić information content (AvgIpc) is 2.60. The number of carbonyl (C=O) groups excluding carboxylic acids is 1. The number of carbonyl (C=O) groups is 1. The molecule has 26 heavy (non-hydrogen) atoms. The molecule has 2 aromatic carbocycles. The normalized spacial score (nSPS) is 11.2. The summed E-state index contributed by atoms with van der Waals surface area (Å²) in [5.74, 6) is -0.156. The highest BCUT2D eigenvalue weighted by atomic mass is 35.5. The Morgan fingerprint density at radius 2 is 1.77 bits per heavy atom. The minimum atomic E-state index is -3.72. The van der Waals surface area contributed by atoms with E-state index >= 15 is 0 Å². The molecule has 0 heterocycles. The van der Waals surface area contributed by atoms with Gasteiger partial charge in [0.1, 0.15) is 0 Å². The van der Waals surface area contributed by atoms with Gasteiger partial charge in [-0.05, 0) is 61.4 Å². The molecule has 0 radical (unpaired) electrons. The van der Waals surface area contributed by atoms with Crippen LogP contribution in [0.15, 0.2) is 47.4 Å². The highest BCUT2D eigenvalue weighted by Crippen LogP contribution is 2.22. The number of nitrogens with one attached hydrogen (secondary N) is 2. The molecule has 0 unspecified atom stereocenters. The van der Waals surface area contributed by atoms with Gasteiger partial charge in [-0.15, -0.1) is 0 Å². The smallest absolute Gasteiger partial charge is 0.261 e. The Labute approximate surface area is 159 Å². The minimum absolute atomic E-state index is 0.124. The second-order valence-electron chi connectivity index (χ2n) is 6.05. The van der Waals surface area contributed by atoms with E-state index < -0.39 is 10.0 Å². The maximum Gasteiger partial charge on any atom is 0.261 e. The third-order valence-corrected chi connectivity index (χ3v) is 5.56. The van der Waals surface area contributed by atoms with Crippen LogP contribution < -0.4 is 10.0 Å². The molecular formula is C19H23ClN2O3S. The second-order valence-corrected chi connectivity index (χ2v) is 8.17. The van der Waals surface area contributed by atoms with E-state index in [4.69, 9.17) is 11.6 Å². The summed E-state index contributed by atoms with van der Waals surface area (Å²) < 4.78 is 27.5. The third kappa shape index (κ3) is 5.47. The van der Waals surface area contributed by atoms with Crippen molar-refractivity contribution in [3.63, 3.8) is 0 Å². The first-order chi connectivity index (χ1) is 12.3. The molecule has 2 rings (SSSR count). The van der Waals surface area contributed by atoms with E-state index in [1.54, 1.807) is 25.1 Å². The van der Waals surface area contributed by atoms with Crippen molar-refractivity contribution in [2.75, 3.05) is 11.3 Å². The first-order valence-electron chi connectivity index (χ1n) is 8.50. The number of anilines is 1. The highest BCUT2D eigenvalue weighted by Gasteiger charge is 2.16. The monoisotopic (exact) mass is 394 g/mol. The first-order valence-corrected chi connectivity index (χ1v) is 10.4. The van der Waals surface area contributed by atoms with Gasteiger partial charge in [-0.25, -0.2) is 8.42 Å². The molecule has 0 saturated heterocycles. The molecule has 0 saturated carbocycles. The Hall–Kier alpha value is -2.05. The zero-order valence-electron chi connectivity index (χ0n) is 14.9. The molecule has 2 N–H and O–H groups in total. The molecule has 0 aliphatic rings. The number of rotatable bonds is 8. The summed E-state index contributed by atoms with van der Waals surface area (Å²) in [5.41, 5.74) is 1.61. The summed E-state index contributed by atoms with van der Waals surface area (Å²) in [6, 6.07) is 10.8. The van der Waals surface area contributed by atoms with Gasteiger partial charge in [0.15, 0.2) is 0 Å². The van der Waals surface area contributed by atoms with Crippen LogP contribution in [0.3, 0.4) is 0 Å². The number of benzene rings is 2. The number of hydrogen-bond donors (Lipinski definition) is 2. The molecule has 1 amide bonds. The molecule has 7 heteroatoms. The Morgan fingerprint density at radius 3 is 2.38 bits per heavy atom. The Bertz CT molecular complexity index is 865. The number of hydrogen-bond acceptors (Lipinski definition) is 3. The third-order valence-electron chi connectivity index (χ3n) is 3.92. The van der Waals surface area contributed by atoms with Crippen LogP contribution in [0.4, 0.5) is 5.69 Å². The molecule has 5 nitrogen and oxygen atoms in total. The number of halogens is 1. The van der Waals surface area contributed by atoms with Gasteiger partial charge in [0, 0.05) is 17.1 Å². The average molecular weight is 395 g/mol. The summed E-state index contributed by atoms with van der Waals surface area (Å²) in [4.78, 5) is 12.3. The van der Waals surface area contributed by atoms with Crippen molar-refractivity contribution in [3.05, 3.63) is 58.6 Å². The Kier molecular flexibility index (Phi) is 7.06. The predicted molar refractivity (Wildman–Crippen MR) is 105 cm³/mol. The molecule has 0 aliphatic carbocycles. The van der Waals surface area contributed by atoms with E-state index in [9.17, 15) is 13.2 Å². The van der Waals surface area contributed by atoms with E-state index in [1.165, 1.54) is 24.3 Å². The lowest BCUT2D eigenvalue weighted by atomic mass is 10.1. The summed E-state index contributed by atoms with van der Waals surface area (Å²) in [7, 11) is -3.72. The largest absolute Gasteiger partial charge is 0.352 e. The van der Waals surface area contributed by atoms with Gasteiger partial charge in [0.25, 0.3) is 15.9 Å². The molecule has 0 fully saturated rings. The molecule has 2 aromatic rings. The number of sulfonamides is 1. The van der Waals surface area contributed by atoms with Gasteiger partial charge >= 0.3 is 0 Å². The van der Waals surface area contributed by atoms with Crippen molar-refractivity contribution in [1.82, 2.24) is 5.32 Å². The molecule has 0 aliphatic heterocycles. The van der Waals surface area contributed by atoms with Crippen molar-refractivity contribution in [2.24, 2.45) is 0 Å². The van der Waals surface area contributed by atoms with Gasteiger partial charge < -0.3 is 5.32 Å². The van der Waals surface area contributed by atoms with Crippen LogP contribution in [0.1, 0.15) is 42.1 Å². The van der Waals surface area contributed by atoms with E-state index in [1.807, 2.05) is 0 Å². The molecular weight excluding hydrogens is 372 g/mol. The van der Waals surface area contributed by atoms with Crippen molar-refractivity contribution in [2.45, 2.75) is 38.0 Å². The SMILES string of the molecule is CCCCCNC(=O)c1ccc(NS(=O)(=O)c2ccc(Cl)cc2)c(C)c1. The lowest BCUT2D eigenvalue weighted by Crippen LogP contribution is -2.24. The van der Waals surface area contributed by atoms with Crippen LogP contribution in [-0.2, 0) is 10.0 Å². The maximum absolute atomic E-state index is 12.5. The lowest BCUT2D eigenvalue weighted by molar-refractivity contribution is 0.0953. The molecule has 0 atom stereocenters. The van der Waals surface area contributed by atoms with E-state index in [-0.39, 0.29) is 10.8 Å². The molecule has 0 aromatic heterocycles. The van der Waals surface area contributed by atoms with Gasteiger partial charge in [-0.1, -0.05) is 31.4 Å². The Balaban J connectivity index is 2.09. The fourth-order valence-electron chi connectivity index (χ4n) is 2.42. The van der Waals surface area contributed by atoms with Gasteiger partial charge in [0.2, 0.25) is 0 Å². The predicted octanol–water partition coefficient (Wildman–Crippen LogP) is 4.37. The standard InChI is InChI=1S/C19H23ClN2O3S/c1-3-4-5-12-21-19(23)15-6-11-18(14(2)13-15)22-26(24,25)17-9-7-16(20)8-10-17/h6-11,13,22H,3-5,12H2,1-2H3,(H,21,23). The quantitative estimate of drug-likeness (QED) is 0.653. The van der Waals surface area contributed by atoms with Crippen LogP contribution in [-0.4, -0.2) is 20.9 Å². The zero-order valence-corrected chi connectivity index (χ0v) is 16.5. The highest BCUT2D eigenvalue weighted by molar-refractivity contribution is 7.92. The minimum Gasteiger partial charge on any atom is -0.352 e. The first kappa shape index (κ1) is 20.3. The van der Waals surface area contributed by atoms with Gasteiger partial charge in [0.05, 0.1) is 10.6 Å². The Morgan fingerprint density at radius 1 is 1.08 bits per heavy atom. The maximum atomic E-state index is 12.5. The fraction of sp³-hybridized carbons (Fsp3) is 0.316. The molecule has 0 bridgehead atoms. The van der Waals surface area contributed by atoms with E-state index in [0.717, 1.165) is 19.3 Å².